The molecule has 0 aliphatic rings. The van der Waals surface area contributed by atoms with Crippen molar-refractivity contribution in [2.75, 3.05) is 0 Å². The van der Waals surface area contributed by atoms with E-state index < -0.39 is 0 Å². The van der Waals surface area contributed by atoms with Crippen molar-refractivity contribution < 1.29 is 9.89 Å². The minimum absolute atomic E-state index is 0. The number of rotatable bonds is 0. The lowest BCUT2D eigenvalue weighted by Crippen LogP contribution is -1.61. The molecule has 0 aliphatic carbocycles. The molecule has 0 spiro atoms. The first-order valence-corrected chi connectivity index (χ1v) is 6.33. The largest absolute Gasteiger partial charge is 0.443 e. The first kappa shape index (κ1) is 16.2. The maximum Gasteiger partial charge on any atom is 0.181 e. The maximum atomic E-state index is 5.01. The van der Waals surface area contributed by atoms with Crippen LogP contribution in [-0.2, 0) is 0 Å². The van der Waals surface area contributed by atoms with Crippen molar-refractivity contribution >= 4 is 11.1 Å². The summed E-state index contributed by atoms with van der Waals surface area (Å²) in [4.78, 5) is 6.81. The lowest BCUT2D eigenvalue weighted by Gasteiger charge is -1.79. The molecule has 0 saturated carbocycles. The average Bonchev–Trinajstić information content (AvgIpc) is 3.24. The van der Waals surface area contributed by atoms with Crippen LogP contribution in [0, 0.1) is 0 Å². The molecule has 3 N–H and O–H groups in total. The molecule has 4 nitrogen and oxygen atoms in total. The Morgan fingerprint density at radius 3 is 1.76 bits per heavy atom. The van der Waals surface area contributed by atoms with Gasteiger partial charge in [-0.25, -0.2) is 4.98 Å². The fourth-order valence-corrected chi connectivity index (χ4v) is 1.47. The number of hydrogen-bond donors (Lipinski definition) is 1. The third kappa shape index (κ3) is 6.22. The molecule has 2 heterocycles. The van der Waals surface area contributed by atoms with E-state index in [0.29, 0.717) is 0 Å². The summed E-state index contributed by atoms with van der Waals surface area (Å²) in [6, 6.07) is 23.6. The van der Waals surface area contributed by atoms with E-state index in [2.05, 4.69) is 9.97 Å². The first-order valence-electron chi connectivity index (χ1n) is 6.33. The normalized spacial score (nSPS) is 8.57. The van der Waals surface area contributed by atoms with Crippen molar-refractivity contribution in [3.05, 3.63) is 91.6 Å². The van der Waals surface area contributed by atoms with Crippen molar-refractivity contribution in [1.29, 1.82) is 0 Å². The molecule has 4 rings (SSSR count). The molecule has 0 amide bonds. The molecule has 0 fully saturated rings. The van der Waals surface area contributed by atoms with Gasteiger partial charge in [0.15, 0.2) is 12.0 Å². The van der Waals surface area contributed by atoms with Crippen molar-refractivity contribution in [3.8, 4) is 0 Å². The topological polar surface area (TPSA) is 73.3 Å². The van der Waals surface area contributed by atoms with E-state index in [1.165, 1.54) is 6.39 Å². The number of para-hydroxylation sites is 2. The van der Waals surface area contributed by atoms with Gasteiger partial charge in [-0.3, -0.25) is 0 Å². The zero-order valence-corrected chi connectivity index (χ0v) is 11.5. The molecule has 0 atom stereocenters. The van der Waals surface area contributed by atoms with E-state index in [0.717, 1.165) is 11.1 Å². The number of H-pyrrole nitrogens is 1. The molecule has 4 heteroatoms. The second kappa shape index (κ2) is 10.00. The molecule has 0 unspecified atom stereocenters. The summed E-state index contributed by atoms with van der Waals surface area (Å²) in [7, 11) is 0. The summed E-state index contributed by atoms with van der Waals surface area (Å²) in [5, 5.41) is 0. The Hall–Kier alpha value is -2.85. The van der Waals surface area contributed by atoms with Crippen molar-refractivity contribution in [3.63, 3.8) is 0 Å². The van der Waals surface area contributed by atoms with E-state index in [1.54, 1.807) is 0 Å². The van der Waals surface area contributed by atoms with Crippen LogP contribution in [0.4, 0.5) is 0 Å². The highest BCUT2D eigenvalue weighted by Gasteiger charge is 1.91. The number of nitrogens with zero attached hydrogens (tertiary/aromatic N) is 1. The van der Waals surface area contributed by atoms with E-state index >= 15 is 0 Å². The quantitative estimate of drug-likeness (QED) is 0.534. The molecule has 0 saturated heterocycles. The molecular formula is C17H18N2O2. The Morgan fingerprint density at radius 1 is 0.714 bits per heavy atom. The van der Waals surface area contributed by atoms with E-state index in [1.807, 2.05) is 85.2 Å². The molecule has 0 aliphatic heterocycles. The van der Waals surface area contributed by atoms with E-state index in [9.17, 15) is 0 Å². The minimum atomic E-state index is 0. The fourth-order valence-electron chi connectivity index (χ4n) is 1.47. The van der Waals surface area contributed by atoms with Gasteiger partial charge in [0.1, 0.15) is 5.52 Å². The number of aromatic nitrogens is 2. The molecule has 21 heavy (non-hydrogen) atoms. The van der Waals surface area contributed by atoms with Gasteiger partial charge in [0.05, 0.1) is 0 Å². The van der Waals surface area contributed by atoms with Crippen LogP contribution in [0.25, 0.3) is 11.1 Å². The summed E-state index contributed by atoms with van der Waals surface area (Å²) in [6.07, 6.45) is 5.20. The third-order valence-corrected chi connectivity index (χ3v) is 2.40. The van der Waals surface area contributed by atoms with Gasteiger partial charge in [0.2, 0.25) is 0 Å². The molecule has 108 valence electrons. The molecule has 2 aromatic carbocycles. The van der Waals surface area contributed by atoms with Crippen molar-refractivity contribution in [2.24, 2.45) is 0 Å². The van der Waals surface area contributed by atoms with Crippen LogP contribution in [0.5, 0.6) is 0 Å². The van der Waals surface area contributed by atoms with Crippen LogP contribution < -0.4 is 0 Å². The standard InChI is InChI=1S/C7H5NO.C6H6.C4H5N.H2O/c1-2-4-7-6(3-1)8-5-9-7;1-2-4-6-5-3-1;1-2-4-5-3-1;/h1-5H;1-6H;1-5H;1H2. The number of nitrogens with one attached hydrogen (secondary N) is 1. The Balaban J connectivity index is 0.000000162. The Kier molecular flexibility index (Phi) is 7.72. The monoisotopic (exact) mass is 282 g/mol. The summed E-state index contributed by atoms with van der Waals surface area (Å²) in [6.45, 7) is 0. The van der Waals surface area contributed by atoms with Crippen LogP contribution in [0.2, 0.25) is 0 Å². The number of benzene rings is 2. The van der Waals surface area contributed by atoms with Gasteiger partial charge in [0.25, 0.3) is 0 Å². The van der Waals surface area contributed by atoms with Gasteiger partial charge in [-0.05, 0) is 24.3 Å². The highest BCUT2D eigenvalue weighted by Crippen LogP contribution is 2.09. The molecule has 0 bridgehead atoms. The molecule has 2 aromatic heterocycles. The number of fused-ring (bicyclic) bond motifs is 1. The van der Waals surface area contributed by atoms with Crippen LogP contribution >= 0.6 is 0 Å². The van der Waals surface area contributed by atoms with Gasteiger partial charge in [-0.15, -0.1) is 0 Å². The summed E-state index contributed by atoms with van der Waals surface area (Å²) < 4.78 is 5.01. The molecule has 0 radical (unpaired) electrons. The lowest BCUT2D eigenvalue weighted by molar-refractivity contribution is 0.602. The Bertz CT molecular complexity index is 602. The van der Waals surface area contributed by atoms with Gasteiger partial charge in [0, 0.05) is 12.4 Å². The van der Waals surface area contributed by atoms with Gasteiger partial charge < -0.3 is 14.9 Å². The number of aromatic amines is 1. The SMILES string of the molecule is O.c1cc[nH]c1.c1ccc2ocnc2c1.c1ccccc1. The lowest BCUT2D eigenvalue weighted by atomic mass is 10.3. The fraction of sp³-hybridized carbons (Fsp3) is 0. The zero-order valence-electron chi connectivity index (χ0n) is 11.5. The van der Waals surface area contributed by atoms with Gasteiger partial charge in [-0.1, -0.05) is 48.5 Å². The van der Waals surface area contributed by atoms with Crippen LogP contribution in [0.1, 0.15) is 0 Å². The average molecular weight is 282 g/mol. The number of hydrogen-bond acceptors (Lipinski definition) is 2. The first-order chi connectivity index (χ1) is 9.97. The van der Waals surface area contributed by atoms with Crippen molar-refractivity contribution in [2.45, 2.75) is 0 Å². The predicted octanol–water partition coefficient (Wildman–Crippen LogP) is 3.70. The maximum absolute atomic E-state index is 5.01. The summed E-state index contributed by atoms with van der Waals surface area (Å²) in [5.41, 5.74) is 1.76. The highest BCUT2D eigenvalue weighted by molar-refractivity contribution is 5.71. The summed E-state index contributed by atoms with van der Waals surface area (Å²) >= 11 is 0. The molecular weight excluding hydrogens is 264 g/mol. The van der Waals surface area contributed by atoms with Crippen LogP contribution in [0.15, 0.2) is 96.0 Å². The second-order valence-corrected chi connectivity index (χ2v) is 3.86. The van der Waals surface area contributed by atoms with E-state index in [4.69, 9.17) is 4.42 Å². The minimum Gasteiger partial charge on any atom is -0.443 e. The second-order valence-electron chi connectivity index (χ2n) is 3.86. The van der Waals surface area contributed by atoms with Gasteiger partial charge >= 0.3 is 0 Å². The Morgan fingerprint density at radius 2 is 1.29 bits per heavy atom. The predicted molar refractivity (Wildman–Crippen MR) is 84.9 cm³/mol. The Labute approximate surface area is 123 Å². The van der Waals surface area contributed by atoms with Crippen molar-refractivity contribution in [1.82, 2.24) is 9.97 Å². The van der Waals surface area contributed by atoms with Gasteiger partial charge in [-0.2, -0.15) is 0 Å². The number of oxazole rings is 1. The smallest absolute Gasteiger partial charge is 0.181 e. The van der Waals surface area contributed by atoms with Crippen LogP contribution in [0.3, 0.4) is 0 Å². The van der Waals surface area contributed by atoms with E-state index in [-0.39, 0.29) is 5.48 Å². The molecule has 4 aromatic rings. The highest BCUT2D eigenvalue weighted by atomic mass is 16.3. The zero-order chi connectivity index (χ0) is 13.9. The summed E-state index contributed by atoms with van der Waals surface area (Å²) in [5.74, 6) is 0. The van der Waals surface area contributed by atoms with Crippen LogP contribution in [-0.4, -0.2) is 15.4 Å². The third-order valence-electron chi connectivity index (χ3n) is 2.40.